The van der Waals surface area contributed by atoms with Crippen molar-refractivity contribution in [1.29, 1.82) is 0 Å². The number of likely N-dealkylation sites (N-methyl/N-ethyl adjacent to an activating group) is 1. The Kier molecular flexibility index (Phi) is 3.70. The molecule has 3 heterocycles. The predicted octanol–water partition coefficient (Wildman–Crippen LogP) is 0.170. The van der Waals surface area contributed by atoms with Crippen molar-refractivity contribution < 1.29 is 0 Å². The van der Waals surface area contributed by atoms with Crippen LogP contribution < -0.4 is 10.6 Å². The molecule has 2 aromatic heterocycles. The third-order valence-electron chi connectivity index (χ3n) is 3.82. The third-order valence-corrected chi connectivity index (χ3v) is 3.82. The van der Waals surface area contributed by atoms with E-state index in [9.17, 15) is 0 Å². The van der Waals surface area contributed by atoms with Gasteiger partial charge in [0.2, 0.25) is 17.8 Å². The zero-order chi connectivity index (χ0) is 14.8. The fourth-order valence-corrected chi connectivity index (χ4v) is 2.65. The van der Waals surface area contributed by atoms with Gasteiger partial charge < -0.3 is 10.6 Å². The summed E-state index contributed by atoms with van der Waals surface area (Å²) < 4.78 is 1.73. The quantitative estimate of drug-likeness (QED) is 0.861. The summed E-state index contributed by atoms with van der Waals surface area (Å²) in [7, 11) is 0. The van der Waals surface area contributed by atoms with E-state index >= 15 is 0 Å². The van der Waals surface area contributed by atoms with Crippen LogP contribution in [0.2, 0.25) is 0 Å². The van der Waals surface area contributed by atoms with Crippen LogP contribution in [0.4, 0.5) is 11.9 Å². The molecule has 1 aliphatic rings. The minimum atomic E-state index is 0.231. The number of piperazine rings is 1. The van der Waals surface area contributed by atoms with Gasteiger partial charge in [-0.25, -0.2) is 4.98 Å². The molecule has 0 saturated carbocycles. The highest BCUT2D eigenvalue weighted by molar-refractivity contribution is 5.38. The number of nitrogens with zero attached hydrogens (tertiary/aromatic N) is 7. The number of nitrogen functional groups attached to an aromatic ring is 1. The summed E-state index contributed by atoms with van der Waals surface area (Å²) in [5.74, 6) is 1.36. The maximum absolute atomic E-state index is 5.83. The van der Waals surface area contributed by atoms with Gasteiger partial charge >= 0.3 is 0 Å². The van der Waals surface area contributed by atoms with Crippen LogP contribution in [0.15, 0.2) is 18.7 Å². The summed E-state index contributed by atoms with van der Waals surface area (Å²) in [5.41, 5.74) is 5.83. The van der Waals surface area contributed by atoms with Crippen LogP contribution in [-0.2, 0) is 0 Å². The van der Waals surface area contributed by atoms with Crippen molar-refractivity contribution in [3.8, 4) is 5.95 Å². The molecule has 112 valence electrons. The molecule has 21 heavy (non-hydrogen) atoms. The highest BCUT2D eigenvalue weighted by atomic mass is 15.4. The molecule has 0 bridgehead atoms. The standard InChI is InChI=1S/C13H20N8/c1-3-19-6-7-20(8-10(19)2)12-16-11(14)17-13(18-12)21-5-4-15-9-21/h4-5,9-10H,3,6-8H2,1-2H3,(H2,14,16,17,18). The molecule has 0 amide bonds. The van der Waals surface area contributed by atoms with E-state index in [1.807, 2.05) is 0 Å². The zero-order valence-corrected chi connectivity index (χ0v) is 12.3. The molecule has 1 fully saturated rings. The van der Waals surface area contributed by atoms with E-state index in [0.717, 1.165) is 26.2 Å². The van der Waals surface area contributed by atoms with Crippen molar-refractivity contribution in [3.63, 3.8) is 0 Å². The van der Waals surface area contributed by atoms with Gasteiger partial charge in [-0.1, -0.05) is 6.92 Å². The first-order valence-corrected chi connectivity index (χ1v) is 7.16. The summed E-state index contributed by atoms with van der Waals surface area (Å²) in [6, 6.07) is 0.471. The maximum atomic E-state index is 5.83. The maximum Gasteiger partial charge on any atom is 0.241 e. The summed E-state index contributed by atoms with van der Waals surface area (Å²) in [6.45, 7) is 8.26. The van der Waals surface area contributed by atoms with Gasteiger partial charge in [0.05, 0.1) is 0 Å². The smallest absolute Gasteiger partial charge is 0.241 e. The van der Waals surface area contributed by atoms with E-state index in [-0.39, 0.29) is 5.95 Å². The Bertz CT molecular complexity index is 596. The topological polar surface area (TPSA) is 89.0 Å². The second-order valence-corrected chi connectivity index (χ2v) is 5.19. The van der Waals surface area contributed by atoms with Crippen LogP contribution in [0.1, 0.15) is 13.8 Å². The lowest BCUT2D eigenvalue weighted by Gasteiger charge is -2.39. The Morgan fingerprint density at radius 1 is 1.24 bits per heavy atom. The van der Waals surface area contributed by atoms with Crippen LogP contribution >= 0.6 is 0 Å². The van der Waals surface area contributed by atoms with Crippen molar-refractivity contribution >= 4 is 11.9 Å². The van der Waals surface area contributed by atoms with E-state index < -0.39 is 0 Å². The van der Waals surface area contributed by atoms with Gasteiger partial charge in [-0.2, -0.15) is 15.0 Å². The van der Waals surface area contributed by atoms with Gasteiger partial charge in [0.25, 0.3) is 0 Å². The molecule has 0 radical (unpaired) electrons. The fraction of sp³-hybridized carbons (Fsp3) is 0.538. The molecular weight excluding hydrogens is 268 g/mol. The van der Waals surface area contributed by atoms with Gasteiger partial charge in [0.15, 0.2) is 0 Å². The van der Waals surface area contributed by atoms with Crippen LogP contribution in [0.25, 0.3) is 5.95 Å². The lowest BCUT2D eigenvalue weighted by molar-refractivity contribution is 0.198. The minimum Gasteiger partial charge on any atom is -0.368 e. The van der Waals surface area contributed by atoms with Crippen LogP contribution in [0, 0.1) is 0 Å². The SMILES string of the molecule is CCN1CCN(c2nc(N)nc(-n3ccnc3)n2)CC1C. The molecule has 8 heteroatoms. The van der Waals surface area contributed by atoms with Gasteiger partial charge in [0, 0.05) is 38.1 Å². The Labute approximate surface area is 123 Å². The average molecular weight is 288 g/mol. The Morgan fingerprint density at radius 2 is 2.05 bits per heavy atom. The second kappa shape index (κ2) is 5.65. The molecular formula is C13H20N8. The Morgan fingerprint density at radius 3 is 2.71 bits per heavy atom. The lowest BCUT2D eigenvalue weighted by atomic mass is 10.2. The normalized spacial score (nSPS) is 19.9. The van der Waals surface area contributed by atoms with E-state index in [2.05, 4.69) is 43.6 Å². The highest BCUT2D eigenvalue weighted by Gasteiger charge is 2.24. The number of hydrogen-bond acceptors (Lipinski definition) is 7. The van der Waals surface area contributed by atoms with Crippen molar-refractivity contribution in [2.24, 2.45) is 0 Å². The number of imidazole rings is 1. The largest absolute Gasteiger partial charge is 0.368 e. The number of hydrogen-bond donors (Lipinski definition) is 1. The van der Waals surface area contributed by atoms with E-state index in [4.69, 9.17) is 5.73 Å². The van der Waals surface area contributed by atoms with E-state index in [1.165, 1.54) is 0 Å². The molecule has 1 aliphatic heterocycles. The number of rotatable bonds is 3. The molecule has 0 aromatic carbocycles. The van der Waals surface area contributed by atoms with E-state index in [1.54, 1.807) is 23.3 Å². The first kappa shape index (κ1) is 13.7. The van der Waals surface area contributed by atoms with Crippen molar-refractivity contribution in [3.05, 3.63) is 18.7 Å². The third kappa shape index (κ3) is 2.80. The number of anilines is 2. The summed E-state index contributed by atoms with van der Waals surface area (Å²) in [4.78, 5) is 21.6. The van der Waals surface area contributed by atoms with Gasteiger partial charge in [0.1, 0.15) is 6.33 Å². The van der Waals surface area contributed by atoms with Crippen LogP contribution in [-0.4, -0.2) is 61.6 Å². The number of aromatic nitrogens is 5. The molecule has 0 spiro atoms. The number of nitrogens with two attached hydrogens (primary N) is 1. The van der Waals surface area contributed by atoms with Gasteiger partial charge in [-0.05, 0) is 13.5 Å². The second-order valence-electron chi connectivity index (χ2n) is 5.19. The van der Waals surface area contributed by atoms with Crippen molar-refractivity contribution in [1.82, 2.24) is 29.4 Å². The molecule has 1 atom stereocenters. The average Bonchev–Trinajstić information content (AvgIpc) is 3.01. The summed E-state index contributed by atoms with van der Waals surface area (Å²) in [6.07, 6.45) is 5.12. The monoisotopic (exact) mass is 288 g/mol. The molecule has 2 N–H and O–H groups in total. The summed E-state index contributed by atoms with van der Waals surface area (Å²) >= 11 is 0. The Hall–Kier alpha value is -2.22. The molecule has 1 unspecified atom stereocenters. The molecule has 3 rings (SSSR count). The fourth-order valence-electron chi connectivity index (χ4n) is 2.65. The Balaban J connectivity index is 1.86. The highest BCUT2D eigenvalue weighted by Crippen LogP contribution is 2.16. The van der Waals surface area contributed by atoms with E-state index in [0.29, 0.717) is 17.9 Å². The van der Waals surface area contributed by atoms with Crippen molar-refractivity contribution in [2.45, 2.75) is 19.9 Å². The molecule has 8 nitrogen and oxygen atoms in total. The molecule has 0 aliphatic carbocycles. The lowest BCUT2D eigenvalue weighted by Crippen LogP contribution is -2.52. The zero-order valence-electron chi connectivity index (χ0n) is 12.3. The minimum absolute atomic E-state index is 0.231. The first-order valence-electron chi connectivity index (χ1n) is 7.16. The molecule has 1 saturated heterocycles. The van der Waals surface area contributed by atoms with Gasteiger partial charge in [-0.15, -0.1) is 0 Å². The predicted molar refractivity (Wildman–Crippen MR) is 80.3 cm³/mol. The van der Waals surface area contributed by atoms with Crippen molar-refractivity contribution in [2.75, 3.05) is 36.8 Å². The first-order chi connectivity index (χ1) is 10.2. The van der Waals surface area contributed by atoms with Crippen LogP contribution in [0.3, 0.4) is 0 Å². The summed E-state index contributed by atoms with van der Waals surface area (Å²) in [5, 5.41) is 0. The molecule has 2 aromatic rings. The van der Waals surface area contributed by atoms with Crippen LogP contribution in [0.5, 0.6) is 0 Å². The van der Waals surface area contributed by atoms with Gasteiger partial charge in [-0.3, -0.25) is 9.47 Å².